The van der Waals surface area contributed by atoms with Gasteiger partial charge in [0.1, 0.15) is 0 Å². The van der Waals surface area contributed by atoms with Crippen LogP contribution >= 0.6 is 12.4 Å². The molecular weight excluding hydrogens is 382 g/mol. The zero-order valence-corrected chi connectivity index (χ0v) is 17.4. The normalized spacial score (nSPS) is 20.6. The van der Waals surface area contributed by atoms with Gasteiger partial charge in [0.15, 0.2) is 11.5 Å². The Morgan fingerprint density at radius 2 is 2.00 bits per heavy atom. The molecular formula is C18H28ClN7O2. The van der Waals surface area contributed by atoms with Crippen molar-refractivity contribution in [3.05, 3.63) is 23.1 Å². The third kappa shape index (κ3) is 3.77. The first-order chi connectivity index (χ1) is 13.1. The highest BCUT2D eigenvalue weighted by atomic mass is 35.5. The van der Waals surface area contributed by atoms with Crippen molar-refractivity contribution in [1.82, 2.24) is 35.4 Å². The first-order valence-electron chi connectivity index (χ1n) is 9.83. The summed E-state index contributed by atoms with van der Waals surface area (Å²) < 4.78 is 7.26. The SMILES string of the molecule is Cc1c(C(=O)N2CCCC2c2noc(C(C)C)n2)nnn1C1CCNCC1.Cl. The van der Waals surface area contributed by atoms with Crippen LogP contribution in [0.25, 0.3) is 0 Å². The molecule has 1 atom stereocenters. The van der Waals surface area contributed by atoms with Crippen LogP contribution in [0.4, 0.5) is 0 Å². The van der Waals surface area contributed by atoms with Crippen LogP contribution in [0.3, 0.4) is 0 Å². The lowest BCUT2D eigenvalue weighted by atomic mass is 10.1. The van der Waals surface area contributed by atoms with E-state index in [-0.39, 0.29) is 30.3 Å². The number of piperidine rings is 1. The standard InChI is InChI=1S/C18H27N7O2.ClH/c1-11(2)17-20-16(22-27-17)14-5-4-10-24(14)18(26)15-12(3)25(23-21-15)13-6-8-19-9-7-13;/h11,13-14,19H,4-10H2,1-3H3;1H. The van der Waals surface area contributed by atoms with Crippen LogP contribution in [0.5, 0.6) is 0 Å². The minimum Gasteiger partial charge on any atom is -0.339 e. The van der Waals surface area contributed by atoms with Gasteiger partial charge < -0.3 is 14.7 Å². The van der Waals surface area contributed by atoms with E-state index in [1.807, 2.05) is 30.4 Å². The minimum atomic E-state index is -0.155. The van der Waals surface area contributed by atoms with Gasteiger partial charge in [0.2, 0.25) is 5.89 Å². The Bertz CT molecular complexity index is 813. The van der Waals surface area contributed by atoms with Crippen molar-refractivity contribution < 1.29 is 9.32 Å². The van der Waals surface area contributed by atoms with Crippen LogP contribution in [0, 0.1) is 6.92 Å². The van der Waals surface area contributed by atoms with Gasteiger partial charge in [0.25, 0.3) is 5.91 Å². The van der Waals surface area contributed by atoms with Gasteiger partial charge >= 0.3 is 0 Å². The van der Waals surface area contributed by atoms with Crippen LogP contribution < -0.4 is 5.32 Å². The zero-order chi connectivity index (χ0) is 19.0. The Labute approximate surface area is 170 Å². The Balaban J connectivity index is 0.00000225. The quantitative estimate of drug-likeness (QED) is 0.827. The first-order valence-corrected chi connectivity index (χ1v) is 9.83. The summed E-state index contributed by atoms with van der Waals surface area (Å²) >= 11 is 0. The average molecular weight is 410 g/mol. The fourth-order valence-corrected chi connectivity index (χ4v) is 3.97. The van der Waals surface area contributed by atoms with Crippen molar-refractivity contribution in [3.8, 4) is 0 Å². The number of carbonyl (C=O) groups is 1. The molecule has 0 aromatic carbocycles. The molecule has 2 fully saturated rings. The van der Waals surface area contributed by atoms with E-state index >= 15 is 0 Å². The molecule has 9 nitrogen and oxygen atoms in total. The molecule has 0 spiro atoms. The number of rotatable bonds is 4. The molecule has 4 heterocycles. The van der Waals surface area contributed by atoms with E-state index in [0.29, 0.717) is 30.0 Å². The maximum Gasteiger partial charge on any atom is 0.276 e. The van der Waals surface area contributed by atoms with Crippen molar-refractivity contribution in [3.63, 3.8) is 0 Å². The highest BCUT2D eigenvalue weighted by Crippen LogP contribution is 2.32. The predicted octanol–water partition coefficient (Wildman–Crippen LogP) is 2.42. The van der Waals surface area contributed by atoms with Crippen LogP contribution in [0.15, 0.2) is 4.52 Å². The molecule has 10 heteroatoms. The highest BCUT2D eigenvalue weighted by molar-refractivity contribution is 5.93. The maximum absolute atomic E-state index is 13.2. The number of hydrogen-bond donors (Lipinski definition) is 1. The van der Waals surface area contributed by atoms with Crippen LogP contribution in [-0.2, 0) is 0 Å². The number of nitrogens with zero attached hydrogens (tertiary/aromatic N) is 6. The van der Waals surface area contributed by atoms with Crippen LogP contribution in [-0.4, -0.2) is 55.6 Å². The summed E-state index contributed by atoms with van der Waals surface area (Å²) in [7, 11) is 0. The van der Waals surface area contributed by atoms with Crippen molar-refractivity contribution in [2.24, 2.45) is 0 Å². The molecule has 2 aliphatic heterocycles. The molecule has 1 amide bonds. The van der Waals surface area contributed by atoms with Gasteiger partial charge in [-0.15, -0.1) is 17.5 Å². The van der Waals surface area contributed by atoms with E-state index in [4.69, 9.17) is 4.52 Å². The lowest BCUT2D eigenvalue weighted by molar-refractivity contribution is 0.0721. The summed E-state index contributed by atoms with van der Waals surface area (Å²) in [6.07, 6.45) is 3.77. The summed E-state index contributed by atoms with van der Waals surface area (Å²) in [4.78, 5) is 19.5. The number of hydrogen-bond acceptors (Lipinski definition) is 7. The lowest BCUT2D eigenvalue weighted by Gasteiger charge is -2.24. The van der Waals surface area contributed by atoms with E-state index in [2.05, 4.69) is 25.8 Å². The second-order valence-electron chi connectivity index (χ2n) is 7.75. The third-order valence-electron chi connectivity index (χ3n) is 5.55. The van der Waals surface area contributed by atoms with Crippen molar-refractivity contribution in [1.29, 1.82) is 0 Å². The van der Waals surface area contributed by atoms with Crippen LogP contribution in [0.2, 0.25) is 0 Å². The summed E-state index contributed by atoms with van der Waals surface area (Å²) in [5.41, 5.74) is 1.28. The van der Waals surface area contributed by atoms with E-state index in [9.17, 15) is 4.79 Å². The molecule has 2 saturated heterocycles. The van der Waals surface area contributed by atoms with Gasteiger partial charge in [0, 0.05) is 12.5 Å². The van der Waals surface area contributed by atoms with E-state index < -0.39 is 0 Å². The molecule has 4 rings (SSSR count). The fourth-order valence-electron chi connectivity index (χ4n) is 3.97. The summed E-state index contributed by atoms with van der Waals surface area (Å²) in [5, 5.41) is 16.0. The zero-order valence-electron chi connectivity index (χ0n) is 16.6. The molecule has 0 radical (unpaired) electrons. The molecule has 2 aromatic rings. The lowest BCUT2D eigenvalue weighted by Crippen LogP contribution is -2.32. The van der Waals surface area contributed by atoms with Gasteiger partial charge in [0.05, 0.1) is 17.8 Å². The number of aromatic nitrogens is 5. The van der Waals surface area contributed by atoms with Gasteiger partial charge in [-0.1, -0.05) is 24.2 Å². The molecule has 0 aliphatic carbocycles. The number of halogens is 1. The molecule has 1 unspecified atom stereocenters. The topological polar surface area (TPSA) is 102 Å². The monoisotopic (exact) mass is 409 g/mol. The molecule has 0 bridgehead atoms. The number of carbonyl (C=O) groups excluding carboxylic acids is 1. The molecule has 2 aliphatic rings. The van der Waals surface area contributed by atoms with Gasteiger partial charge in [-0.05, 0) is 45.7 Å². The molecule has 154 valence electrons. The second-order valence-corrected chi connectivity index (χ2v) is 7.75. The molecule has 28 heavy (non-hydrogen) atoms. The van der Waals surface area contributed by atoms with E-state index in [1.54, 1.807) is 0 Å². The van der Waals surface area contributed by atoms with Crippen molar-refractivity contribution >= 4 is 18.3 Å². The number of nitrogens with one attached hydrogen (secondary N) is 1. The van der Waals surface area contributed by atoms with E-state index in [1.165, 1.54) is 0 Å². The minimum absolute atomic E-state index is 0. The molecule has 0 saturated carbocycles. The number of likely N-dealkylation sites (tertiary alicyclic amines) is 1. The van der Waals surface area contributed by atoms with Crippen molar-refractivity contribution in [2.45, 2.75) is 64.5 Å². The Morgan fingerprint density at radius 3 is 2.68 bits per heavy atom. The number of amides is 1. The second kappa shape index (κ2) is 8.57. The Kier molecular flexibility index (Phi) is 6.34. The highest BCUT2D eigenvalue weighted by Gasteiger charge is 2.36. The van der Waals surface area contributed by atoms with Crippen LogP contribution in [0.1, 0.15) is 85.4 Å². The Morgan fingerprint density at radius 1 is 1.25 bits per heavy atom. The van der Waals surface area contributed by atoms with Gasteiger partial charge in [-0.25, -0.2) is 4.68 Å². The third-order valence-corrected chi connectivity index (χ3v) is 5.55. The average Bonchev–Trinajstić information content (AvgIpc) is 3.40. The van der Waals surface area contributed by atoms with E-state index in [0.717, 1.165) is 44.5 Å². The largest absolute Gasteiger partial charge is 0.339 e. The van der Waals surface area contributed by atoms with Gasteiger partial charge in [-0.3, -0.25) is 4.79 Å². The first kappa shape index (κ1) is 20.7. The van der Waals surface area contributed by atoms with Gasteiger partial charge in [-0.2, -0.15) is 4.98 Å². The molecule has 1 N–H and O–H groups in total. The Hall–Kier alpha value is -2.00. The summed E-state index contributed by atoms with van der Waals surface area (Å²) in [6.45, 7) is 8.57. The molecule has 2 aromatic heterocycles. The summed E-state index contributed by atoms with van der Waals surface area (Å²) in [5.74, 6) is 1.28. The smallest absolute Gasteiger partial charge is 0.276 e. The fraction of sp³-hybridized carbons (Fsp3) is 0.722. The summed E-state index contributed by atoms with van der Waals surface area (Å²) in [6, 6.07) is 0.151. The predicted molar refractivity (Wildman–Crippen MR) is 105 cm³/mol. The van der Waals surface area contributed by atoms with Crippen molar-refractivity contribution in [2.75, 3.05) is 19.6 Å². The maximum atomic E-state index is 13.2.